The number of hydrogen-bond donors (Lipinski definition) is 1. The van der Waals surface area contributed by atoms with Gasteiger partial charge in [-0.1, -0.05) is 24.6 Å². The molecular formula is C14H19NOS. The number of hydrogen-bond acceptors (Lipinski definition) is 2. The summed E-state index contributed by atoms with van der Waals surface area (Å²) in [7, 11) is 0. The number of benzene rings is 1. The second kappa shape index (κ2) is 5.58. The molecule has 1 aliphatic rings. The van der Waals surface area contributed by atoms with Crippen molar-refractivity contribution >= 4 is 23.4 Å². The minimum Gasteiger partial charge on any atom is -0.325 e. The lowest BCUT2D eigenvalue weighted by Crippen LogP contribution is -2.28. The number of thioether (sulfide) groups is 1. The molecule has 0 bridgehead atoms. The minimum atomic E-state index is 0.141. The van der Waals surface area contributed by atoms with E-state index in [1.807, 2.05) is 32.0 Å². The summed E-state index contributed by atoms with van der Waals surface area (Å²) < 4.78 is 0. The van der Waals surface area contributed by atoms with Crippen molar-refractivity contribution in [1.82, 2.24) is 0 Å². The van der Waals surface area contributed by atoms with E-state index >= 15 is 0 Å². The van der Waals surface area contributed by atoms with Gasteiger partial charge < -0.3 is 5.32 Å². The maximum atomic E-state index is 12.1. The Balaban J connectivity index is 2.07. The molecule has 0 aliphatic carbocycles. The van der Waals surface area contributed by atoms with E-state index in [0.717, 1.165) is 29.0 Å². The van der Waals surface area contributed by atoms with Crippen molar-refractivity contribution in [3.8, 4) is 0 Å². The first-order valence-electron chi connectivity index (χ1n) is 6.17. The Morgan fingerprint density at radius 1 is 1.29 bits per heavy atom. The molecule has 1 unspecified atom stereocenters. The van der Waals surface area contributed by atoms with E-state index in [-0.39, 0.29) is 11.2 Å². The van der Waals surface area contributed by atoms with Gasteiger partial charge in [0.15, 0.2) is 0 Å². The first-order valence-corrected chi connectivity index (χ1v) is 7.22. The van der Waals surface area contributed by atoms with E-state index in [0.29, 0.717) is 0 Å². The largest absolute Gasteiger partial charge is 0.325 e. The van der Waals surface area contributed by atoms with Crippen LogP contribution in [0.25, 0.3) is 0 Å². The maximum absolute atomic E-state index is 12.1. The zero-order valence-electron chi connectivity index (χ0n) is 10.5. The van der Waals surface area contributed by atoms with Gasteiger partial charge in [-0.3, -0.25) is 4.79 Å². The smallest absolute Gasteiger partial charge is 0.237 e. The van der Waals surface area contributed by atoms with Crippen LogP contribution in [0.1, 0.15) is 30.4 Å². The standard InChI is InChI=1S/C14H19NOS/c1-10-6-5-7-11(2)13(10)15-14(16)12-8-3-4-9-17-12/h5-7,12H,3-4,8-9H2,1-2H3,(H,15,16). The number of aryl methyl sites for hydroxylation is 2. The van der Waals surface area contributed by atoms with E-state index < -0.39 is 0 Å². The lowest BCUT2D eigenvalue weighted by atomic mass is 10.1. The quantitative estimate of drug-likeness (QED) is 0.868. The Labute approximate surface area is 107 Å². The Morgan fingerprint density at radius 3 is 2.59 bits per heavy atom. The molecule has 1 fully saturated rings. The van der Waals surface area contributed by atoms with E-state index in [4.69, 9.17) is 0 Å². The van der Waals surface area contributed by atoms with Crippen molar-refractivity contribution < 1.29 is 4.79 Å². The van der Waals surface area contributed by atoms with E-state index in [1.165, 1.54) is 12.8 Å². The maximum Gasteiger partial charge on any atom is 0.237 e. The summed E-state index contributed by atoms with van der Waals surface area (Å²) in [5, 5.41) is 3.23. The van der Waals surface area contributed by atoms with Crippen LogP contribution >= 0.6 is 11.8 Å². The average molecular weight is 249 g/mol. The number of nitrogens with one attached hydrogen (secondary N) is 1. The highest BCUT2D eigenvalue weighted by molar-refractivity contribution is 8.00. The van der Waals surface area contributed by atoms with Crippen LogP contribution in [0.3, 0.4) is 0 Å². The van der Waals surface area contributed by atoms with Crippen molar-refractivity contribution in [2.45, 2.75) is 38.4 Å². The zero-order chi connectivity index (χ0) is 12.3. The summed E-state index contributed by atoms with van der Waals surface area (Å²) in [6, 6.07) is 6.10. The molecule has 1 aromatic carbocycles. The third-order valence-corrected chi connectivity index (χ3v) is 4.58. The topological polar surface area (TPSA) is 29.1 Å². The predicted molar refractivity (Wildman–Crippen MR) is 74.6 cm³/mol. The van der Waals surface area contributed by atoms with Crippen LogP contribution in [0, 0.1) is 13.8 Å². The van der Waals surface area contributed by atoms with Gasteiger partial charge in [-0.15, -0.1) is 11.8 Å². The first kappa shape index (κ1) is 12.5. The van der Waals surface area contributed by atoms with Crippen molar-refractivity contribution in [3.63, 3.8) is 0 Å². The number of amides is 1. The highest BCUT2D eigenvalue weighted by Crippen LogP contribution is 2.27. The van der Waals surface area contributed by atoms with Gasteiger partial charge in [0.05, 0.1) is 5.25 Å². The second-order valence-corrected chi connectivity index (χ2v) is 5.92. The molecule has 1 amide bonds. The van der Waals surface area contributed by atoms with Crippen LogP contribution in [0.15, 0.2) is 18.2 Å². The number of para-hydroxylation sites is 1. The van der Waals surface area contributed by atoms with Gasteiger partial charge in [0, 0.05) is 5.69 Å². The van der Waals surface area contributed by atoms with Gasteiger partial charge >= 0.3 is 0 Å². The molecule has 92 valence electrons. The molecule has 2 nitrogen and oxygen atoms in total. The van der Waals surface area contributed by atoms with Gasteiger partial charge in [-0.2, -0.15) is 0 Å². The number of anilines is 1. The molecule has 1 saturated heterocycles. The van der Waals surface area contributed by atoms with Gasteiger partial charge in [0.2, 0.25) is 5.91 Å². The third kappa shape index (κ3) is 3.03. The van der Waals surface area contributed by atoms with Crippen LogP contribution in [0.4, 0.5) is 5.69 Å². The molecule has 1 aliphatic heterocycles. The molecular weight excluding hydrogens is 230 g/mol. The molecule has 0 spiro atoms. The first-order chi connectivity index (χ1) is 8.18. The van der Waals surface area contributed by atoms with Crippen LogP contribution in [-0.4, -0.2) is 16.9 Å². The summed E-state index contributed by atoms with van der Waals surface area (Å²) in [6.07, 6.45) is 3.44. The lowest BCUT2D eigenvalue weighted by Gasteiger charge is -2.21. The Morgan fingerprint density at radius 2 is 2.00 bits per heavy atom. The normalized spacial score (nSPS) is 20.0. The summed E-state index contributed by atoms with van der Waals surface area (Å²) >= 11 is 1.79. The Kier molecular flexibility index (Phi) is 4.11. The van der Waals surface area contributed by atoms with Crippen molar-refractivity contribution in [2.24, 2.45) is 0 Å². The van der Waals surface area contributed by atoms with E-state index in [9.17, 15) is 4.79 Å². The minimum absolute atomic E-state index is 0.141. The Hall–Kier alpha value is -0.960. The fraction of sp³-hybridized carbons (Fsp3) is 0.500. The second-order valence-electron chi connectivity index (χ2n) is 4.61. The van der Waals surface area contributed by atoms with E-state index in [2.05, 4.69) is 5.32 Å². The highest BCUT2D eigenvalue weighted by atomic mass is 32.2. The average Bonchev–Trinajstić information content (AvgIpc) is 2.35. The summed E-state index contributed by atoms with van der Waals surface area (Å²) in [5.74, 6) is 1.29. The van der Waals surface area contributed by atoms with Gasteiger partial charge in [-0.05, 0) is 43.6 Å². The fourth-order valence-corrected chi connectivity index (χ4v) is 3.36. The number of rotatable bonds is 2. The van der Waals surface area contributed by atoms with Crippen molar-refractivity contribution in [1.29, 1.82) is 0 Å². The number of carbonyl (C=O) groups is 1. The molecule has 1 heterocycles. The zero-order valence-corrected chi connectivity index (χ0v) is 11.3. The molecule has 17 heavy (non-hydrogen) atoms. The molecule has 0 saturated carbocycles. The summed E-state index contributed by atoms with van der Waals surface area (Å²) in [5.41, 5.74) is 3.27. The SMILES string of the molecule is Cc1cccc(C)c1NC(=O)C1CCCCS1. The van der Waals surface area contributed by atoms with Crippen LogP contribution < -0.4 is 5.32 Å². The Bertz CT molecular complexity index is 390. The van der Waals surface area contributed by atoms with Gasteiger partial charge in [0.1, 0.15) is 0 Å². The van der Waals surface area contributed by atoms with Gasteiger partial charge in [-0.25, -0.2) is 0 Å². The fourth-order valence-electron chi connectivity index (χ4n) is 2.16. The molecule has 2 rings (SSSR count). The van der Waals surface area contributed by atoms with Crippen LogP contribution in [-0.2, 0) is 4.79 Å². The molecule has 0 radical (unpaired) electrons. The molecule has 1 atom stereocenters. The summed E-state index contributed by atoms with van der Waals surface area (Å²) in [6.45, 7) is 4.08. The van der Waals surface area contributed by atoms with Crippen LogP contribution in [0.2, 0.25) is 0 Å². The molecule has 0 aromatic heterocycles. The monoisotopic (exact) mass is 249 g/mol. The predicted octanol–water partition coefficient (Wildman–Crippen LogP) is 3.53. The molecule has 3 heteroatoms. The highest BCUT2D eigenvalue weighted by Gasteiger charge is 2.22. The van der Waals surface area contributed by atoms with Crippen molar-refractivity contribution in [3.05, 3.63) is 29.3 Å². The lowest BCUT2D eigenvalue weighted by molar-refractivity contribution is -0.115. The van der Waals surface area contributed by atoms with Crippen molar-refractivity contribution in [2.75, 3.05) is 11.1 Å². The third-order valence-electron chi connectivity index (χ3n) is 3.20. The molecule has 1 N–H and O–H groups in total. The number of carbonyl (C=O) groups excluding carboxylic acids is 1. The van der Waals surface area contributed by atoms with Gasteiger partial charge in [0.25, 0.3) is 0 Å². The molecule has 1 aromatic rings. The summed E-state index contributed by atoms with van der Waals surface area (Å²) in [4.78, 5) is 12.1. The van der Waals surface area contributed by atoms with E-state index in [1.54, 1.807) is 11.8 Å². The van der Waals surface area contributed by atoms with Crippen LogP contribution in [0.5, 0.6) is 0 Å².